The summed E-state index contributed by atoms with van der Waals surface area (Å²) >= 11 is 3.46. The molecule has 0 unspecified atom stereocenters. The molecule has 0 amide bonds. The second-order valence-corrected chi connectivity index (χ2v) is 7.31. The summed E-state index contributed by atoms with van der Waals surface area (Å²) in [5.74, 6) is 1.01. The van der Waals surface area contributed by atoms with Gasteiger partial charge in [-0.2, -0.15) is 0 Å². The highest BCUT2D eigenvalue weighted by Crippen LogP contribution is 2.53. The molecule has 0 spiro atoms. The number of rotatable bonds is 3. The lowest BCUT2D eigenvalue weighted by molar-refractivity contribution is -0.384. The number of nitrogens with zero attached hydrogens (tertiary/aromatic N) is 1. The Balaban J connectivity index is 1.85. The molecule has 0 saturated heterocycles. The van der Waals surface area contributed by atoms with Crippen LogP contribution in [0.15, 0.2) is 53.0 Å². The third kappa shape index (κ3) is 2.70. The van der Waals surface area contributed by atoms with Crippen molar-refractivity contribution < 1.29 is 9.66 Å². The SMILES string of the molecule is COc1cc2c(c([N+](=O)[O-])c1)N[C@H](c1ccc(Br)cc1)[C@@H]1CC=C[C@@H]21. The molecule has 2 aliphatic rings. The van der Waals surface area contributed by atoms with Crippen molar-refractivity contribution in [1.82, 2.24) is 0 Å². The Morgan fingerprint density at radius 3 is 2.72 bits per heavy atom. The molecule has 4 rings (SSSR count). The Bertz CT molecular complexity index is 864. The summed E-state index contributed by atoms with van der Waals surface area (Å²) in [5, 5.41) is 15.1. The number of nitro groups is 1. The van der Waals surface area contributed by atoms with Crippen LogP contribution in [0.5, 0.6) is 5.75 Å². The minimum Gasteiger partial charge on any atom is -0.496 e. The van der Waals surface area contributed by atoms with Gasteiger partial charge in [-0.05, 0) is 41.7 Å². The van der Waals surface area contributed by atoms with E-state index in [1.54, 1.807) is 0 Å². The minimum absolute atomic E-state index is 0.0349. The van der Waals surface area contributed by atoms with Crippen molar-refractivity contribution in [3.8, 4) is 5.75 Å². The monoisotopic (exact) mass is 400 g/mol. The number of ether oxygens (including phenoxy) is 1. The van der Waals surface area contributed by atoms with E-state index < -0.39 is 0 Å². The summed E-state index contributed by atoms with van der Waals surface area (Å²) in [7, 11) is 1.54. The van der Waals surface area contributed by atoms with Crippen molar-refractivity contribution in [1.29, 1.82) is 0 Å². The van der Waals surface area contributed by atoms with Crippen LogP contribution >= 0.6 is 15.9 Å². The molecular formula is C19H17BrN2O3. The molecule has 2 aromatic carbocycles. The van der Waals surface area contributed by atoms with Gasteiger partial charge in [0.05, 0.1) is 24.1 Å². The Hall–Kier alpha value is -2.34. The van der Waals surface area contributed by atoms with Crippen LogP contribution < -0.4 is 10.1 Å². The predicted molar refractivity (Wildman–Crippen MR) is 100 cm³/mol. The van der Waals surface area contributed by atoms with Gasteiger partial charge < -0.3 is 10.1 Å². The molecule has 25 heavy (non-hydrogen) atoms. The maximum Gasteiger partial charge on any atom is 0.296 e. The maximum absolute atomic E-state index is 11.6. The van der Waals surface area contributed by atoms with Crippen LogP contribution in [0.4, 0.5) is 11.4 Å². The third-order valence-corrected chi connectivity index (χ3v) is 5.61. The Morgan fingerprint density at radius 1 is 1.28 bits per heavy atom. The summed E-state index contributed by atoms with van der Waals surface area (Å²) < 4.78 is 6.30. The van der Waals surface area contributed by atoms with Gasteiger partial charge >= 0.3 is 0 Å². The highest BCUT2D eigenvalue weighted by atomic mass is 79.9. The highest BCUT2D eigenvalue weighted by Gasteiger charge is 2.41. The fraction of sp³-hybridized carbons (Fsp3) is 0.263. The van der Waals surface area contributed by atoms with Gasteiger partial charge in [-0.1, -0.05) is 40.2 Å². The maximum atomic E-state index is 11.6. The zero-order valence-electron chi connectivity index (χ0n) is 13.6. The lowest BCUT2D eigenvalue weighted by atomic mass is 9.76. The molecule has 1 N–H and O–H groups in total. The van der Waals surface area contributed by atoms with Crippen molar-refractivity contribution in [3.63, 3.8) is 0 Å². The fourth-order valence-corrected chi connectivity index (χ4v) is 4.18. The normalized spacial score (nSPS) is 23.5. The topological polar surface area (TPSA) is 64.4 Å². The van der Waals surface area contributed by atoms with Gasteiger partial charge in [-0.25, -0.2) is 0 Å². The Kier molecular flexibility index (Phi) is 4.00. The fourth-order valence-electron chi connectivity index (χ4n) is 3.92. The summed E-state index contributed by atoms with van der Waals surface area (Å²) in [4.78, 5) is 11.3. The molecule has 128 valence electrons. The molecule has 0 radical (unpaired) electrons. The standard InChI is InChI=1S/C19H17BrN2O3/c1-25-13-9-16-14-3-2-4-15(14)18(11-5-7-12(20)8-6-11)21-19(16)17(10-13)22(23)24/h2-3,5-10,14-15,18,21H,4H2,1H3/t14-,15-,18-/m1/s1. The molecule has 1 aliphatic heterocycles. The first-order valence-corrected chi connectivity index (χ1v) is 8.93. The molecule has 0 saturated carbocycles. The molecule has 1 heterocycles. The number of anilines is 1. The van der Waals surface area contributed by atoms with Gasteiger partial charge in [0.15, 0.2) is 0 Å². The van der Waals surface area contributed by atoms with E-state index in [2.05, 4.69) is 45.5 Å². The predicted octanol–water partition coefficient (Wildman–Crippen LogP) is 5.19. The van der Waals surface area contributed by atoms with E-state index in [0.29, 0.717) is 17.4 Å². The van der Waals surface area contributed by atoms with Gasteiger partial charge in [0.1, 0.15) is 11.4 Å². The average Bonchev–Trinajstić information content (AvgIpc) is 3.10. The molecular weight excluding hydrogens is 384 g/mol. The summed E-state index contributed by atoms with van der Waals surface area (Å²) in [5.41, 5.74) is 2.75. The van der Waals surface area contributed by atoms with Gasteiger partial charge in [0.2, 0.25) is 0 Å². The molecule has 5 nitrogen and oxygen atoms in total. The largest absolute Gasteiger partial charge is 0.496 e. The van der Waals surface area contributed by atoms with Crippen molar-refractivity contribution in [2.24, 2.45) is 5.92 Å². The van der Waals surface area contributed by atoms with E-state index >= 15 is 0 Å². The van der Waals surface area contributed by atoms with E-state index in [-0.39, 0.29) is 22.6 Å². The summed E-state index contributed by atoms with van der Waals surface area (Å²) in [6.07, 6.45) is 5.28. The van der Waals surface area contributed by atoms with Crippen LogP contribution in [-0.4, -0.2) is 12.0 Å². The van der Waals surface area contributed by atoms with Gasteiger partial charge in [0, 0.05) is 10.4 Å². The lowest BCUT2D eigenvalue weighted by Crippen LogP contribution is -2.29. The lowest BCUT2D eigenvalue weighted by Gasteiger charge is -2.37. The first kappa shape index (κ1) is 16.1. The number of halogens is 1. The number of allylic oxidation sites excluding steroid dienone is 2. The number of nitro benzene ring substituents is 1. The number of hydrogen-bond acceptors (Lipinski definition) is 4. The molecule has 1 aliphatic carbocycles. The van der Waals surface area contributed by atoms with Crippen molar-refractivity contribution in [3.05, 3.63) is 74.3 Å². The van der Waals surface area contributed by atoms with Crippen LogP contribution in [0.3, 0.4) is 0 Å². The molecule has 3 atom stereocenters. The van der Waals surface area contributed by atoms with Crippen LogP contribution in [-0.2, 0) is 0 Å². The zero-order chi connectivity index (χ0) is 17.6. The second-order valence-electron chi connectivity index (χ2n) is 6.39. The van der Waals surface area contributed by atoms with E-state index in [1.165, 1.54) is 13.2 Å². The minimum atomic E-state index is -0.341. The zero-order valence-corrected chi connectivity index (χ0v) is 15.2. The number of methoxy groups -OCH3 is 1. The molecule has 0 fully saturated rings. The summed E-state index contributed by atoms with van der Waals surface area (Å²) in [6, 6.07) is 11.6. The van der Waals surface area contributed by atoms with E-state index in [1.807, 2.05) is 18.2 Å². The van der Waals surface area contributed by atoms with Crippen molar-refractivity contribution >= 4 is 27.3 Å². The van der Waals surface area contributed by atoms with Gasteiger partial charge in [0.25, 0.3) is 5.69 Å². The first-order chi connectivity index (χ1) is 12.1. The van der Waals surface area contributed by atoms with E-state index in [0.717, 1.165) is 22.0 Å². The molecule has 6 heteroatoms. The van der Waals surface area contributed by atoms with Crippen molar-refractivity contribution in [2.45, 2.75) is 18.4 Å². The first-order valence-electron chi connectivity index (χ1n) is 8.13. The Morgan fingerprint density at radius 2 is 2.04 bits per heavy atom. The molecule has 0 aromatic heterocycles. The van der Waals surface area contributed by atoms with Gasteiger partial charge in [-0.3, -0.25) is 10.1 Å². The number of benzene rings is 2. The van der Waals surface area contributed by atoms with Crippen LogP contribution in [0, 0.1) is 16.0 Å². The second kappa shape index (κ2) is 6.19. The molecule has 0 bridgehead atoms. The van der Waals surface area contributed by atoms with E-state index in [9.17, 15) is 10.1 Å². The number of nitrogens with one attached hydrogen (secondary N) is 1. The molecule has 2 aromatic rings. The summed E-state index contributed by atoms with van der Waals surface area (Å²) in [6.45, 7) is 0. The van der Waals surface area contributed by atoms with Crippen LogP contribution in [0.1, 0.15) is 29.5 Å². The average molecular weight is 401 g/mol. The highest BCUT2D eigenvalue weighted by molar-refractivity contribution is 9.10. The number of hydrogen-bond donors (Lipinski definition) is 1. The quantitative estimate of drug-likeness (QED) is 0.437. The number of fused-ring (bicyclic) bond motifs is 3. The van der Waals surface area contributed by atoms with Crippen LogP contribution in [0.25, 0.3) is 0 Å². The van der Waals surface area contributed by atoms with Crippen LogP contribution in [0.2, 0.25) is 0 Å². The third-order valence-electron chi connectivity index (χ3n) is 5.08. The van der Waals surface area contributed by atoms with E-state index in [4.69, 9.17) is 4.74 Å². The Labute approximate surface area is 154 Å². The van der Waals surface area contributed by atoms with Crippen molar-refractivity contribution in [2.75, 3.05) is 12.4 Å². The smallest absolute Gasteiger partial charge is 0.296 e. The van der Waals surface area contributed by atoms with Gasteiger partial charge in [-0.15, -0.1) is 0 Å².